The summed E-state index contributed by atoms with van der Waals surface area (Å²) in [7, 11) is 0. The van der Waals surface area contributed by atoms with E-state index in [-0.39, 0.29) is 24.7 Å². The number of amides is 1. The predicted octanol–water partition coefficient (Wildman–Crippen LogP) is 1.73. The van der Waals surface area contributed by atoms with Crippen LogP contribution in [0.25, 0.3) is 0 Å². The average Bonchev–Trinajstić information content (AvgIpc) is 3.26. The molecule has 8 nitrogen and oxygen atoms in total. The van der Waals surface area contributed by atoms with Crippen molar-refractivity contribution in [3.63, 3.8) is 0 Å². The van der Waals surface area contributed by atoms with E-state index in [1.54, 1.807) is 0 Å². The summed E-state index contributed by atoms with van der Waals surface area (Å²) in [5.74, 6) is -1.50. The fourth-order valence-corrected chi connectivity index (χ4v) is 5.56. The number of hydrogen-bond donors (Lipinski definition) is 2. The molecular weight excluding hydrogens is 378 g/mol. The monoisotopic (exact) mass is 411 g/mol. The van der Waals surface area contributed by atoms with Gasteiger partial charge in [0.25, 0.3) is 5.91 Å². The van der Waals surface area contributed by atoms with Crippen molar-refractivity contribution in [2.24, 2.45) is 0 Å². The van der Waals surface area contributed by atoms with Gasteiger partial charge >= 0.3 is 0 Å². The van der Waals surface area contributed by atoms with E-state index in [2.05, 4.69) is 5.32 Å². The lowest BCUT2D eigenvalue weighted by Crippen LogP contribution is -2.59. The van der Waals surface area contributed by atoms with Crippen molar-refractivity contribution in [1.82, 2.24) is 5.32 Å². The van der Waals surface area contributed by atoms with E-state index in [4.69, 9.17) is 28.8 Å². The Kier molecular flexibility index (Phi) is 5.60. The van der Waals surface area contributed by atoms with E-state index in [9.17, 15) is 4.79 Å². The summed E-state index contributed by atoms with van der Waals surface area (Å²) in [4.78, 5) is 12.9. The van der Waals surface area contributed by atoms with Crippen LogP contribution in [0.4, 0.5) is 0 Å². The van der Waals surface area contributed by atoms with Gasteiger partial charge in [-0.1, -0.05) is 12.8 Å². The molecule has 0 bridgehead atoms. The van der Waals surface area contributed by atoms with Crippen LogP contribution in [0.1, 0.15) is 70.6 Å². The van der Waals surface area contributed by atoms with Crippen LogP contribution in [0.3, 0.4) is 0 Å². The predicted molar refractivity (Wildman–Crippen MR) is 101 cm³/mol. The highest BCUT2D eigenvalue weighted by Gasteiger charge is 2.65. The largest absolute Gasteiger partial charge is 0.396 e. The lowest BCUT2D eigenvalue weighted by atomic mass is 9.94. The smallest absolute Gasteiger partial charge is 0.252 e. The molecule has 3 aliphatic heterocycles. The molecule has 5 fully saturated rings. The molecule has 8 heteroatoms. The third-order valence-corrected chi connectivity index (χ3v) is 7.00. The highest BCUT2D eigenvalue weighted by molar-refractivity contribution is 5.81. The molecule has 3 saturated heterocycles. The SMILES string of the molecule is O=C(NCCCO)[C@@H]1O[C@H]2OC3(CCCCC3)O[C@@H]2[C@H]2OC3(CCCCC3)O[C@@H]21. The first kappa shape index (κ1) is 20.2. The van der Waals surface area contributed by atoms with E-state index >= 15 is 0 Å². The van der Waals surface area contributed by atoms with Crippen LogP contribution in [0.15, 0.2) is 0 Å². The highest BCUT2D eigenvalue weighted by Crippen LogP contribution is 2.50. The van der Waals surface area contributed by atoms with Gasteiger partial charge in [-0.2, -0.15) is 0 Å². The molecular formula is C21H33NO7. The molecule has 5 rings (SSSR count). The van der Waals surface area contributed by atoms with Gasteiger partial charge in [0.2, 0.25) is 0 Å². The van der Waals surface area contributed by atoms with Gasteiger partial charge in [0, 0.05) is 38.8 Å². The van der Waals surface area contributed by atoms with Crippen molar-refractivity contribution in [2.45, 2.75) is 113 Å². The molecule has 3 heterocycles. The minimum atomic E-state index is -0.802. The average molecular weight is 411 g/mol. The zero-order valence-electron chi connectivity index (χ0n) is 17.0. The van der Waals surface area contributed by atoms with Crippen molar-refractivity contribution in [3.05, 3.63) is 0 Å². The van der Waals surface area contributed by atoms with Gasteiger partial charge in [-0.15, -0.1) is 0 Å². The van der Waals surface area contributed by atoms with Gasteiger partial charge in [-0.05, 0) is 32.1 Å². The fourth-order valence-electron chi connectivity index (χ4n) is 5.56. The number of aliphatic hydroxyl groups excluding tert-OH is 1. The van der Waals surface area contributed by atoms with E-state index in [1.807, 2.05) is 0 Å². The second-order valence-corrected chi connectivity index (χ2v) is 9.10. The van der Waals surface area contributed by atoms with Crippen molar-refractivity contribution in [3.8, 4) is 0 Å². The Morgan fingerprint density at radius 1 is 0.828 bits per heavy atom. The number of ether oxygens (including phenoxy) is 5. The number of carbonyl (C=O) groups excluding carboxylic acids is 1. The molecule has 2 spiro atoms. The minimum absolute atomic E-state index is 0.0325. The number of fused-ring (bicyclic) bond motifs is 3. The molecule has 0 unspecified atom stereocenters. The molecule has 29 heavy (non-hydrogen) atoms. The fraction of sp³-hybridized carbons (Fsp3) is 0.952. The van der Waals surface area contributed by atoms with Crippen LogP contribution in [0.5, 0.6) is 0 Å². The van der Waals surface area contributed by atoms with Gasteiger partial charge in [-0.25, -0.2) is 0 Å². The number of aliphatic hydroxyl groups is 1. The zero-order chi connectivity index (χ0) is 19.9. The van der Waals surface area contributed by atoms with E-state index in [1.165, 1.54) is 12.8 Å². The molecule has 2 N–H and O–H groups in total. The molecule has 0 radical (unpaired) electrons. The third kappa shape index (κ3) is 3.72. The first-order valence-corrected chi connectivity index (χ1v) is 11.4. The summed E-state index contributed by atoms with van der Waals surface area (Å²) in [6.45, 7) is 0.429. The number of nitrogens with one attached hydrogen (secondary N) is 1. The van der Waals surface area contributed by atoms with Crippen molar-refractivity contribution < 1.29 is 33.6 Å². The first-order valence-electron chi connectivity index (χ1n) is 11.4. The zero-order valence-corrected chi connectivity index (χ0v) is 17.0. The molecule has 0 aromatic heterocycles. The third-order valence-electron chi connectivity index (χ3n) is 7.00. The van der Waals surface area contributed by atoms with Crippen LogP contribution in [0, 0.1) is 0 Å². The number of hydrogen-bond acceptors (Lipinski definition) is 7. The minimum Gasteiger partial charge on any atom is -0.396 e. The summed E-state index contributed by atoms with van der Waals surface area (Å²) in [5.41, 5.74) is 0. The van der Waals surface area contributed by atoms with Crippen LogP contribution in [-0.2, 0) is 28.5 Å². The topological polar surface area (TPSA) is 95.5 Å². The Morgan fingerprint density at radius 2 is 1.41 bits per heavy atom. The summed E-state index contributed by atoms with van der Waals surface area (Å²) in [6, 6.07) is 0. The molecule has 2 saturated carbocycles. The van der Waals surface area contributed by atoms with Crippen molar-refractivity contribution in [1.29, 1.82) is 0 Å². The quantitative estimate of drug-likeness (QED) is 0.680. The van der Waals surface area contributed by atoms with Gasteiger partial charge < -0.3 is 34.1 Å². The van der Waals surface area contributed by atoms with E-state index in [0.717, 1.165) is 51.4 Å². The summed E-state index contributed by atoms with van der Waals surface area (Å²) in [6.07, 6.45) is 7.82. The molecule has 5 aliphatic rings. The molecule has 0 aromatic rings. The van der Waals surface area contributed by atoms with Gasteiger partial charge in [0.1, 0.15) is 18.3 Å². The number of rotatable bonds is 4. The lowest BCUT2D eigenvalue weighted by molar-refractivity contribution is -0.247. The summed E-state index contributed by atoms with van der Waals surface area (Å²) >= 11 is 0. The lowest BCUT2D eigenvalue weighted by Gasteiger charge is -2.36. The van der Waals surface area contributed by atoms with Crippen LogP contribution >= 0.6 is 0 Å². The Labute approximate surface area is 171 Å². The van der Waals surface area contributed by atoms with E-state index < -0.39 is 30.1 Å². The maximum atomic E-state index is 12.9. The Balaban J connectivity index is 1.37. The first-order chi connectivity index (χ1) is 14.1. The molecule has 5 atom stereocenters. The van der Waals surface area contributed by atoms with Gasteiger partial charge in [-0.3, -0.25) is 4.79 Å². The van der Waals surface area contributed by atoms with E-state index in [0.29, 0.717) is 13.0 Å². The van der Waals surface area contributed by atoms with Crippen molar-refractivity contribution in [2.75, 3.05) is 13.2 Å². The second-order valence-electron chi connectivity index (χ2n) is 9.10. The normalized spacial score (nSPS) is 40.0. The summed E-state index contributed by atoms with van der Waals surface area (Å²) < 4.78 is 31.8. The van der Waals surface area contributed by atoms with Crippen LogP contribution in [-0.4, -0.2) is 66.4 Å². The molecule has 2 aliphatic carbocycles. The maximum absolute atomic E-state index is 12.9. The molecule has 1 amide bonds. The number of carbonyl (C=O) groups is 1. The Hall–Kier alpha value is -0.770. The van der Waals surface area contributed by atoms with Crippen LogP contribution in [0.2, 0.25) is 0 Å². The molecule has 164 valence electrons. The second kappa shape index (κ2) is 8.05. The van der Waals surface area contributed by atoms with Crippen molar-refractivity contribution >= 4 is 5.91 Å². The molecule has 0 aromatic carbocycles. The van der Waals surface area contributed by atoms with Crippen LogP contribution < -0.4 is 5.32 Å². The highest BCUT2D eigenvalue weighted by atomic mass is 16.9. The maximum Gasteiger partial charge on any atom is 0.252 e. The standard InChI is InChI=1S/C21H33NO7/c23-13-7-12-22-18(24)16-14-15(27-20(26-14)8-3-1-4-9-20)17-19(25-16)29-21(28-17)10-5-2-6-11-21/h14-17,19,23H,1-13H2,(H,22,24)/t14-,15-,16+,17+,19-/m0/s1. The Bertz CT molecular complexity index is 602. The summed E-state index contributed by atoms with van der Waals surface area (Å²) in [5, 5.41) is 11.9. The van der Waals surface area contributed by atoms with Gasteiger partial charge in [0.05, 0.1) is 0 Å². The Morgan fingerprint density at radius 3 is 2.07 bits per heavy atom. The van der Waals surface area contributed by atoms with Gasteiger partial charge in [0.15, 0.2) is 24.0 Å².